The van der Waals surface area contributed by atoms with E-state index in [1.807, 2.05) is 0 Å². The lowest BCUT2D eigenvalue weighted by atomic mass is 10.0. The van der Waals surface area contributed by atoms with Crippen LogP contribution in [0.4, 0.5) is 13.2 Å². The Morgan fingerprint density at radius 2 is 1.71 bits per heavy atom. The number of halogens is 3. The number of carbonyl (C=O) groups is 1. The summed E-state index contributed by atoms with van der Waals surface area (Å²) in [5, 5.41) is 2.09. The van der Waals surface area contributed by atoms with Crippen LogP contribution in [0.5, 0.6) is 0 Å². The Morgan fingerprint density at radius 3 is 2.00 bits per heavy atom. The van der Waals surface area contributed by atoms with Crippen molar-refractivity contribution in [3.05, 3.63) is 0 Å². The van der Waals surface area contributed by atoms with Gasteiger partial charge in [-0.1, -0.05) is 0 Å². The maximum Gasteiger partial charge on any atom is 0.415 e. The summed E-state index contributed by atoms with van der Waals surface area (Å²) in [4.78, 5) is 11.4. The van der Waals surface area contributed by atoms with Crippen molar-refractivity contribution in [2.75, 3.05) is 14.2 Å². The quantitative estimate of drug-likeness (QED) is 0.700. The lowest BCUT2D eigenvalue weighted by molar-refractivity contribution is -0.189. The van der Waals surface area contributed by atoms with Gasteiger partial charge in [-0.25, -0.2) is 0 Å². The molecule has 102 valence electrons. The van der Waals surface area contributed by atoms with Crippen molar-refractivity contribution < 1.29 is 27.4 Å². The molecule has 17 heavy (non-hydrogen) atoms. The first-order valence-corrected chi connectivity index (χ1v) is 4.80. The summed E-state index contributed by atoms with van der Waals surface area (Å²) < 4.78 is 47.0. The Morgan fingerprint density at radius 1 is 1.29 bits per heavy atom. The largest absolute Gasteiger partial charge is 0.415 e. The molecule has 1 amide bonds. The number of amides is 1. The van der Waals surface area contributed by atoms with Gasteiger partial charge in [-0.15, -0.1) is 0 Å². The van der Waals surface area contributed by atoms with E-state index in [1.165, 1.54) is 21.1 Å². The van der Waals surface area contributed by atoms with Gasteiger partial charge in [0.15, 0.2) is 11.8 Å². The van der Waals surface area contributed by atoms with Crippen LogP contribution in [0.15, 0.2) is 0 Å². The van der Waals surface area contributed by atoms with Crippen LogP contribution in [0.1, 0.15) is 13.8 Å². The predicted molar refractivity (Wildman–Crippen MR) is 54.1 cm³/mol. The van der Waals surface area contributed by atoms with Crippen LogP contribution < -0.4 is 11.1 Å². The number of hydrogen-bond acceptors (Lipinski definition) is 4. The minimum absolute atomic E-state index is 0.601. The Kier molecular flexibility index (Phi) is 5.37. The molecule has 0 aliphatic heterocycles. The lowest BCUT2D eigenvalue weighted by Gasteiger charge is -2.29. The Labute approximate surface area is 97.4 Å². The summed E-state index contributed by atoms with van der Waals surface area (Å²) in [6, 6.07) is -0.761. The van der Waals surface area contributed by atoms with Crippen LogP contribution in [-0.2, 0) is 14.3 Å². The molecule has 0 spiro atoms. The summed E-state index contributed by atoms with van der Waals surface area (Å²) in [6.45, 7) is 2.05. The molecule has 0 aromatic heterocycles. The van der Waals surface area contributed by atoms with E-state index >= 15 is 0 Å². The Balaban J connectivity index is 4.65. The highest BCUT2D eigenvalue weighted by atomic mass is 19.4. The number of ether oxygens (including phenoxy) is 2. The van der Waals surface area contributed by atoms with Crippen molar-refractivity contribution in [3.63, 3.8) is 0 Å². The fraction of sp³-hybridized carbons (Fsp3) is 0.889. The average Bonchev–Trinajstić information content (AvgIpc) is 2.17. The third-order valence-corrected chi connectivity index (χ3v) is 2.29. The van der Waals surface area contributed by atoms with E-state index in [9.17, 15) is 18.0 Å². The maximum absolute atomic E-state index is 12.5. The molecule has 0 aliphatic rings. The summed E-state index contributed by atoms with van der Waals surface area (Å²) >= 11 is 0. The third-order valence-electron chi connectivity index (χ3n) is 2.29. The standard InChI is InChI=1S/C9H17F3N2O3/c1-5(6(16-3)17-4)14-7(15)8(2,13)9(10,11)12/h5-6H,13H2,1-4H3,(H,14,15). The minimum Gasteiger partial charge on any atom is -0.354 e. The van der Waals surface area contributed by atoms with Gasteiger partial charge >= 0.3 is 6.18 Å². The highest BCUT2D eigenvalue weighted by molar-refractivity contribution is 5.86. The molecule has 0 heterocycles. The van der Waals surface area contributed by atoms with Gasteiger partial charge in [0.2, 0.25) is 5.91 Å². The molecule has 0 fully saturated rings. The molecular formula is C9H17F3N2O3. The van der Waals surface area contributed by atoms with Gasteiger partial charge in [0.25, 0.3) is 0 Å². The SMILES string of the molecule is COC(OC)C(C)NC(=O)C(C)(N)C(F)(F)F. The molecule has 5 nitrogen and oxygen atoms in total. The molecule has 0 rings (SSSR count). The zero-order valence-electron chi connectivity index (χ0n) is 10.1. The molecule has 0 aromatic rings. The number of carbonyl (C=O) groups excluding carboxylic acids is 1. The molecule has 2 atom stereocenters. The van der Waals surface area contributed by atoms with Crippen LogP contribution in [0, 0.1) is 0 Å². The summed E-state index contributed by atoms with van der Waals surface area (Å²) in [6.07, 6.45) is -5.67. The first kappa shape index (κ1) is 16.1. The van der Waals surface area contributed by atoms with Gasteiger partial charge in [0, 0.05) is 14.2 Å². The molecule has 3 N–H and O–H groups in total. The number of alkyl halides is 3. The molecule has 0 saturated carbocycles. The third kappa shape index (κ3) is 3.83. The van der Waals surface area contributed by atoms with Gasteiger partial charge in [-0.05, 0) is 13.8 Å². The second kappa shape index (κ2) is 5.65. The van der Waals surface area contributed by atoms with E-state index in [0.717, 1.165) is 0 Å². The van der Waals surface area contributed by atoms with Gasteiger partial charge in [0.05, 0.1) is 6.04 Å². The molecule has 8 heteroatoms. The highest BCUT2D eigenvalue weighted by Crippen LogP contribution is 2.28. The molecular weight excluding hydrogens is 241 g/mol. The molecule has 0 saturated heterocycles. The van der Waals surface area contributed by atoms with Crippen LogP contribution in [0.2, 0.25) is 0 Å². The van der Waals surface area contributed by atoms with Gasteiger partial charge in [-0.2, -0.15) is 13.2 Å². The van der Waals surface area contributed by atoms with Crippen LogP contribution in [-0.4, -0.2) is 44.2 Å². The van der Waals surface area contributed by atoms with Crippen molar-refractivity contribution >= 4 is 5.91 Å². The number of methoxy groups -OCH3 is 2. The molecule has 0 aromatic carbocycles. The van der Waals surface area contributed by atoms with Crippen LogP contribution in [0.25, 0.3) is 0 Å². The average molecular weight is 258 g/mol. The van der Waals surface area contributed by atoms with E-state index in [1.54, 1.807) is 0 Å². The van der Waals surface area contributed by atoms with Crippen molar-refractivity contribution in [1.29, 1.82) is 0 Å². The van der Waals surface area contributed by atoms with Gasteiger partial charge < -0.3 is 20.5 Å². The Hall–Kier alpha value is -0.860. The summed E-state index contributed by atoms with van der Waals surface area (Å²) in [5.74, 6) is -1.34. The first-order chi connectivity index (χ1) is 7.57. The van der Waals surface area contributed by atoms with Crippen molar-refractivity contribution in [1.82, 2.24) is 5.32 Å². The minimum atomic E-state index is -4.83. The van der Waals surface area contributed by atoms with Gasteiger partial charge in [-0.3, -0.25) is 4.79 Å². The second-order valence-electron chi connectivity index (χ2n) is 3.80. The van der Waals surface area contributed by atoms with E-state index in [-0.39, 0.29) is 0 Å². The van der Waals surface area contributed by atoms with Gasteiger partial charge in [0.1, 0.15) is 0 Å². The number of rotatable bonds is 5. The van der Waals surface area contributed by atoms with E-state index in [2.05, 4.69) is 5.32 Å². The van der Waals surface area contributed by atoms with Crippen molar-refractivity contribution in [2.24, 2.45) is 5.73 Å². The topological polar surface area (TPSA) is 73.6 Å². The molecule has 0 radical (unpaired) electrons. The summed E-state index contributed by atoms with van der Waals surface area (Å²) in [5.41, 5.74) is 2.00. The second-order valence-corrected chi connectivity index (χ2v) is 3.80. The molecule has 0 aliphatic carbocycles. The van der Waals surface area contributed by atoms with E-state index in [0.29, 0.717) is 6.92 Å². The monoisotopic (exact) mass is 258 g/mol. The van der Waals surface area contributed by atoms with E-state index < -0.39 is 30.0 Å². The predicted octanol–water partition coefficient (Wildman–Crippen LogP) is 0.390. The first-order valence-electron chi connectivity index (χ1n) is 4.80. The maximum atomic E-state index is 12.5. The molecule has 0 bridgehead atoms. The number of nitrogens with two attached hydrogens (primary N) is 1. The lowest BCUT2D eigenvalue weighted by Crippen LogP contribution is -2.63. The Bertz CT molecular complexity index is 265. The highest BCUT2D eigenvalue weighted by Gasteiger charge is 2.54. The molecule has 2 unspecified atom stereocenters. The number of hydrogen-bond donors (Lipinski definition) is 2. The fourth-order valence-electron chi connectivity index (χ4n) is 1.06. The number of nitrogens with one attached hydrogen (secondary N) is 1. The normalized spacial score (nSPS) is 17.7. The zero-order valence-corrected chi connectivity index (χ0v) is 10.1. The van der Waals surface area contributed by atoms with Crippen LogP contribution in [0.3, 0.4) is 0 Å². The fourth-order valence-corrected chi connectivity index (χ4v) is 1.06. The smallest absolute Gasteiger partial charge is 0.354 e. The van der Waals surface area contributed by atoms with Crippen molar-refractivity contribution in [3.8, 4) is 0 Å². The van der Waals surface area contributed by atoms with Crippen molar-refractivity contribution in [2.45, 2.75) is 37.9 Å². The summed E-state index contributed by atoms with van der Waals surface area (Å²) in [7, 11) is 2.62. The van der Waals surface area contributed by atoms with Crippen LogP contribution >= 0.6 is 0 Å². The zero-order chi connectivity index (χ0) is 13.9. The van der Waals surface area contributed by atoms with E-state index in [4.69, 9.17) is 15.2 Å².